The van der Waals surface area contributed by atoms with Crippen molar-refractivity contribution in [2.75, 3.05) is 18.6 Å². The van der Waals surface area contributed by atoms with Crippen LogP contribution >= 0.6 is 0 Å². The van der Waals surface area contributed by atoms with Crippen LogP contribution in [0.2, 0.25) is 0 Å². The average Bonchev–Trinajstić information content (AvgIpc) is 3.17. The van der Waals surface area contributed by atoms with E-state index in [-0.39, 0.29) is 16.7 Å². The molecule has 3 aromatic carbocycles. The van der Waals surface area contributed by atoms with Crippen LogP contribution in [0, 0.1) is 6.92 Å². The third kappa shape index (κ3) is 5.17. The lowest BCUT2D eigenvalue weighted by atomic mass is 9.85. The topological polar surface area (TPSA) is 76.1 Å². The maximum atomic E-state index is 13.6. The first kappa shape index (κ1) is 27.0. The molecule has 1 unspecified atom stereocenters. The van der Waals surface area contributed by atoms with E-state index in [9.17, 15) is 14.7 Å². The molecule has 0 radical (unpaired) electrons. The molecule has 4 rings (SSSR count). The van der Waals surface area contributed by atoms with Crippen LogP contribution in [0.5, 0.6) is 11.5 Å². The Kier molecular flexibility index (Phi) is 7.63. The number of carbonyl (C=O) groups excluding carboxylic acids is 2. The molecule has 1 aliphatic rings. The summed E-state index contributed by atoms with van der Waals surface area (Å²) in [5.74, 6) is -0.717. The first-order valence-corrected chi connectivity index (χ1v) is 12.9. The number of nitrogens with zero attached hydrogens (tertiary/aromatic N) is 1. The first-order valence-electron chi connectivity index (χ1n) is 12.9. The second-order valence-electron chi connectivity index (χ2n) is 10.6. The van der Waals surface area contributed by atoms with E-state index in [1.54, 1.807) is 30.3 Å². The summed E-state index contributed by atoms with van der Waals surface area (Å²) in [5.41, 5.74) is 3.54. The SMILES string of the molecule is CCCOc1cccc(N2C(=O)C(=O)/C(=C(/O)c3cc(C)ccc3OC)C2c2ccc(C(C)(C)C)cc2)c1. The van der Waals surface area contributed by atoms with Crippen LogP contribution in [0.3, 0.4) is 0 Å². The maximum Gasteiger partial charge on any atom is 0.300 e. The van der Waals surface area contributed by atoms with Gasteiger partial charge in [0.1, 0.15) is 17.3 Å². The number of amides is 1. The van der Waals surface area contributed by atoms with E-state index >= 15 is 0 Å². The fraction of sp³-hybridized carbons (Fsp3) is 0.312. The molecule has 6 nitrogen and oxygen atoms in total. The van der Waals surface area contributed by atoms with E-state index in [2.05, 4.69) is 20.8 Å². The summed E-state index contributed by atoms with van der Waals surface area (Å²) in [5, 5.41) is 11.6. The normalized spacial score (nSPS) is 17.1. The van der Waals surface area contributed by atoms with Gasteiger partial charge >= 0.3 is 0 Å². The molecule has 1 amide bonds. The molecule has 3 aromatic rings. The van der Waals surface area contributed by atoms with Gasteiger partial charge in [0.05, 0.1) is 30.9 Å². The molecule has 1 aliphatic heterocycles. The standard InChI is InChI=1S/C32H35NO5/c1-7-17-38-24-10-8-9-23(19-24)33-28(21-12-14-22(15-13-21)32(3,4)5)27(30(35)31(33)36)29(34)25-18-20(2)11-16-26(25)37-6/h8-16,18-19,28,34H,7,17H2,1-6H3/b29-27+. The second kappa shape index (κ2) is 10.7. The van der Waals surface area contributed by atoms with Gasteiger partial charge in [-0.3, -0.25) is 14.5 Å². The van der Waals surface area contributed by atoms with Crippen molar-refractivity contribution in [3.05, 3.63) is 94.6 Å². The van der Waals surface area contributed by atoms with Crippen molar-refractivity contribution >= 4 is 23.1 Å². The second-order valence-corrected chi connectivity index (χ2v) is 10.6. The van der Waals surface area contributed by atoms with Gasteiger partial charge < -0.3 is 14.6 Å². The predicted molar refractivity (Wildman–Crippen MR) is 150 cm³/mol. The van der Waals surface area contributed by atoms with E-state index in [0.29, 0.717) is 34.9 Å². The zero-order valence-electron chi connectivity index (χ0n) is 22.9. The van der Waals surface area contributed by atoms with Crippen LogP contribution in [0.15, 0.2) is 72.3 Å². The lowest BCUT2D eigenvalue weighted by molar-refractivity contribution is -0.132. The van der Waals surface area contributed by atoms with Gasteiger partial charge in [-0.15, -0.1) is 0 Å². The van der Waals surface area contributed by atoms with Gasteiger partial charge in [-0.25, -0.2) is 0 Å². The summed E-state index contributed by atoms with van der Waals surface area (Å²) in [6, 6.07) is 19.5. The number of ether oxygens (including phenoxy) is 2. The first-order chi connectivity index (χ1) is 18.1. The summed E-state index contributed by atoms with van der Waals surface area (Å²) in [7, 11) is 1.50. The zero-order chi connectivity index (χ0) is 27.6. The van der Waals surface area contributed by atoms with E-state index < -0.39 is 17.7 Å². The summed E-state index contributed by atoms with van der Waals surface area (Å²) in [6.45, 7) is 10.8. The molecule has 0 saturated carbocycles. The number of ketones is 1. The number of benzene rings is 3. The number of aliphatic hydroxyl groups excluding tert-OH is 1. The third-order valence-electron chi connectivity index (χ3n) is 6.72. The molecule has 6 heteroatoms. The number of aryl methyl sites for hydroxylation is 1. The summed E-state index contributed by atoms with van der Waals surface area (Å²) in [6.07, 6.45) is 0.840. The van der Waals surface area contributed by atoms with Crippen LogP contribution < -0.4 is 14.4 Å². The molecule has 0 bridgehead atoms. The highest BCUT2D eigenvalue weighted by atomic mass is 16.5. The van der Waals surface area contributed by atoms with Crippen LogP contribution in [-0.4, -0.2) is 30.5 Å². The van der Waals surface area contributed by atoms with Crippen molar-refractivity contribution < 1.29 is 24.2 Å². The highest BCUT2D eigenvalue weighted by Gasteiger charge is 2.47. The molecule has 1 fully saturated rings. The molecule has 1 atom stereocenters. The molecule has 198 valence electrons. The highest BCUT2D eigenvalue weighted by molar-refractivity contribution is 6.51. The molecule has 1 N–H and O–H groups in total. The van der Waals surface area contributed by atoms with Crippen molar-refractivity contribution in [3.8, 4) is 11.5 Å². The van der Waals surface area contributed by atoms with Crippen LogP contribution in [0.4, 0.5) is 5.69 Å². The Balaban J connectivity index is 1.94. The van der Waals surface area contributed by atoms with Crippen molar-refractivity contribution in [2.45, 2.75) is 52.5 Å². The summed E-state index contributed by atoms with van der Waals surface area (Å²) >= 11 is 0. The lowest BCUT2D eigenvalue weighted by Gasteiger charge is -2.27. The monoisotopic (exact) mass is 513 g/mol. The number of hydrogen-bond acceptors (Lipinski definition) is 5. The van der Waals surface area contributed by atoms with Gasteiger partial charge in [0.2, 0.25) is 0 Å². The van der Waals surface area contributed by atoms with E-state index in [1.165, 1.54) is 12.0 Å². The van der Waals surface area contributed by atoms with Gasteiger partial charge in [-0.05, 0) is 54.2 Å². The van der Waals surface area contributed by atoms with Crippen molar-refractivity contribution in [1.29, 1.82) is 0 Å². The van der Waals surface area contributed by atoms with E-state index in [4.69, 9.17) is 9.47 Å². The molecule has 0 aromatic heterocycles. The number of methoxy groups -OCH3 is 1. The number of rotatable bonds is 7. The fourth-order valence-electron chi connectivity index (χ4n) is 4.67. The summed E-state index contributed by atoms with van der Waals surface area (Å²) < 4.78 is 11.3. The minimum Gasteiger partial charge on any atom is -0.507 e. The Labute approximate surface area is 224 Å². The molecule has 1 saturated heterocycles. The fourth-order valence-corrected chi connectivity index (χ4v) is 4.67. The summed E-state index contributed by atoms with van der Waals surface area (Å²) in [4.78, 5) is 28.6. The quantitative estimate of drug-likeness (QED) is 0.216. The minimum absolute atomic E-state index is 0.0160. The lowest BCUT2D eigenvalue weighted by Crippen LogP contribution is -2.29. The van der Waals surface area contributed by atoms with Gasteiger partial charge in [-0.2, -0.15) is 0 Å². The Hall–Kier alpha value is -4.06. The van der Waals surface area contributed by atoms with Gasteiger partial charge in [-0.1, -0.05) is 69.7 Å². The Bertz CT molecular complexity index is 1380. The van der Waals surface area contributed by atoms with Crippen LogP contribution in [0.25, 0.3) is 5.76 Å². The molecule has 0 aliphatic carbocycles. The number of anilines is 1. The molecule has 1 heterocycles. The van der Waals surface area contributed by atoms with Crippen molar-refractivity contribution in [3.63, 3.8) is 0 Å². The van der Waals surface area contributed by atoms with Crippen LogP contribution in [-0.2, 0) is 15.0 Å². The predicted octanol–water partition coefficient (Wildman–Crippen LogP) is 6.72. The number of Topliss-reactive ketones (excluding diaryl/α,β-unsaturated/α-hetero) is 1. The average molecular weight is 514 g/mol. The molecule has 38 heavy (non-hydrogen) atoms. The largest absolute Gasteiger partial charge is 0.507 e. The molecular weight excluding hydrogens is 478 g/mol. The van der Waals surface area contributed by atoms with Crippen molar-refractivity contribution in [1.82, 2.24) is 0 Å². The highest BCUT2D eigenvalue weighted by Crippen LogP contribution is 2.44. The van der Waals surface area contributed by atoms with Crippen LogP contribution in [0.1, 0.15) is 62.4 Å². The molecular formula is C32H35NO5. The van der Waals surface area contributed by atoms with Gasteiger partial charge in [0, 0.05) is 11.8 Å². The minimum atomic E-state index is -0.837. The maximum absolute atomic E-state index is 13.6. The Morgan fingerprint density at radius 2 is 1.71 bits per heavy atom. The smallest absolute Gasteiger partial charge is 0.300 e. The zero-order valence-corrected chi connectivity index (χ0v) is 22.9. The van der Waals surface area contributed by atoms with Gasteiger partial charge in [0.15, 0.2) is 0 Å². The third-order valence-corrected chi connectivity index (χ3v) is 6.72. The number of carbonyl (C=O) groups is 2. The Morgan fingerprint density at radius 3 is 2.34 bits per heavy atom. The number of aliphatic hydroxyl groups is 1. The number of hydrogen-bond donors (Lipinski definition) is 1. The molecule has 0 spiro atoms. The van der Waals surface area contributed by atoms with E-state index in [0.717, 1.165) is 17.5 Å². The van der Waals surface area contributed by atoms with E-state index in [1.807, 2.05) is 50.2 Å². The van der Waals surface area contributed by atoms with Gasteiger partial charge in [0.25, 0.3) is 11.7 Å². The van der Waals surface area contributed by atoms with Crippen molar-refractivity contribution in [2.24, 2.45) is 0 Å². The Morgan fingerprint density at radius 1 is 1.00 bits per heavy atom.